The number of piperidine rings is 1. The predicted molar refractivity (Wildman–Crippen MR) is 108 cm³/mol. The average Bonchev–Trinajstić information content (AvgIpc) is 3.45. The molecule has 1 aromatic carbocycles. The summed E-state index contributed by atoms with van der Waals surface area (Å²) in [5.74, 6) is 1.66. The third-order valence-electron chi connectivity index (χ3n) is 5.42. The summed E-state index contributed by atoms with van der Waals surface area (Å²) >= 11 is 0. The van der Waals surface area contributed by atoms with E-state index in [-0.39, 0.29) is 12.0 Å². The third kappa shape index (κ3) is 3.60. The van der Waals surface area contributed by atoms with Crippen LogP contribution < -0.4 is 15.4 Å². The number of nitrogens with zero attached hydrogens (tertiary/aromatic N) is 2. The topological polar surface area (TPSA) is 68.2 Å². The SMILES string of the molecule is O=C(NC1CC1)c1ccc2c(ccn2-c2ccc(OC3CCNCC3)cn2)c1. The van der Waals surface area contributed by atoms with E-state index >= 15 is 0 Å². The van der Waals surface area contributed by atoms with Crippen molar-refractivity contribution in [3.63, 3.8) is 0 Å². The molecule has 5 rings (SSSR count). The molecular weight excluding hydrogens is 352 g/mol. The lowest BCUT2D eigenvalue weighted by Gasteiger charge is -2.23. The second-order valence-electron chi connectivity index (χ2n) is 7.63. The molecule has 2 aromatic heterocycles. The van der Waals surface area contributed by atoms with E-state index < -0.39 is 0 Å². The van der Waals surface area contributed by atoms with Gasteiger partial charge in [0.25, 0.3) is 5.91 Å². The van der Waals surface area contributed by atoms with Crippen molar-refractivity contribution in [1.82, 2.24) is 20.2 Å². The highest BCUT2D eigenvalue weighted by Crippen LogP contribution is 2.24. The summed E-state index contributed by atoms with van der Waals surface area (Å²) in [5, 5.41) is 7.41. The van der Waals surface area contributed by atoms with Crippen molar-refractivity contribution >= 4 is 16.8 Å². The molecule has 1 saturated heterocycles. The number of carbonyl (C=O) groups is 1. The minimum absolute atomic E-state index is 0.00897. The first-order chi connectivity index (χ1) is 13.8. The summed E-state index contributed by atoms with van der Waals surface area (Å²) in [7, 11) is 0. The highest BCUT2D eigenvalue weighted by atomic mass is 16.5. The molecule has 1 aliphatic heterocycles. The van der Waals surface area contributed by atoms with E-state index in [0.29, 0.717) is 11.6 Å². The summed E-state index contributed by atoms with van der Waals surface area (Å²) in [5.41, 5.74) is 1.73. The van der Waals surface area contributed by atoms with Gasteiger partial charge in [0.15, 0.2) is 0 Å². The molecule has 1 amide bonds. The van der Waals surface area contributed by atoms with E-state index in [2.05, 4.69) is 15.6 Å². The Labute approximate surface area is 163 Å². The number of nitrogens with one attached hydrogen (secondary N) is 2. The first-order valence-corrected chi connectivity index (χ1v) is 10.0. The van der Waals surface area contributed by atoms with Crippen molar-refractivity contribution in [1.29, 1.82) is 0 Å². The number of benzene rings is 1. The van der Waals surface area contributed by atoms with Crippen molar-refractivity contribution in [2.24, 2.45) is 0 Å². The molecular formula is C22H24N4O2. The van der Waals surface area contributed by atoms with Gasteiger partial charge in [-0.25, -0.2) is 4.98 Å². The van der Waals surface area contributed by atoms with Crippen LogP contribution in [0.15, 0.2) is 48.8 Å². The third-order valence-corrected chi connectivity index (χ3v) is 5.42. The number of rotatable bonds is 5. The molecule has 6 heteroatoms. The van der Waals surface area contributed by atoms with Crippen LogP contribution >= 0.6 is 0 Å². The molecule has 1 saturated carbocycles. The standard InChI is InChI=1S/C22H24N4O2/c27-22(25-17-2-3-17)16-1-5-20-15(13-16)9-12-26(20)21-6-4-19(14-24-21)28-18-7-10-23-11-8-18/h1,4-6,9,12-14,17-18,23H,2-3,7-8,10-11H2,(H,25,27). The molecule has 0 spiro atoms. The molecule has 2 N–H and O–H groups in total. The van der Waals surface area contributed by atoms with E-state index in [9.17, 15) is 4.79 Å². The van der Waals surface area contributed by atoms with Crippen molar-refractivity contribution in [2.75, 3.05) is 13.1 Å². The van der Waals surface area contributed by atoms with Gasteiger partial charge in [-0.05, 0) is 75.2 Å². The smallest absolute Gasteiger partial charge is 0.251 e. The number of hydrogen-bond acceptors (Lipinski definition) is 4. The van der Waals surface area contributed by atoms with Crippen molar-refractivity contribution in [3.8, 4) is 11.6 Å². The molecule has 0 bridgehead atoms. The fraction of sp³-hybridized carbons (Fsp3) is 0.364. The van der Waals surface area contributed by atoms with Crippen LogP contribution in [0.25, 0.3) is 16.7 Å². The lowest BCUT2D eigenvalue weighted by Crippen LogP contribution is -2.34. The van der Waals surface area contributed by atoms with Crippen LogP contribution in [0.4, 0.5) is 0 Å². The molecule has 0 atom stereocenters. The molecule has 6 nitrogen and oxygen atoms in total. The zero-order valence-electron chi connectivity index (χ0n) is 15.7. The van der Waals surface area contributed by atoms with Crippen molar-refractivity contribution in [3.05, 3.63) is 54.4 Å². The number of carbonyl (C=O) groups excluding carboxylic acids is 1. The lowest BCUT2D eigenvalue weighted by atomic mass is 10.1. The Balaban J connectivity index is 1.34. The van der Waals surface area contributed by atoms with Crippen LogP contribution in [0.1, 0.15) is 36.0 Å². The summed E-state index contributed by atoms with van der Waals surface area (Å²) in [6.07, 6.45) is 8.28. The van der Waals surface area contributed by atoms with Gasteiger partial charge < -0.3 is 19.9 Å². The monoisotopic (exact) mass is 376 g/mol. The van der Waals surface area contributed by atoms with Crippen LogP contribution in [0, 0.1) is 0 Å². The second-order valence-corrected chi connectivity index (χ2v) is 7.63. The highest BCUT2D eigenvalue weighted by Gasteiger charge is 2.24. The molecule has 3 aromatic rings. The number of pyridine rings is 1. The molecule has 28 heavy (non-hydrogen) atoms. The van der Waals surface area contributed by atoms with Crippen LogP contribution in [-0.2, 0) is 0 Å². The van der Waals surface area contributed by atoms with Crippen LogP contribution in [-0.4, -0.2) is 40.7 Å². The highest BCUT2D eigenvalue weighted by molar-refractivity contribution is 5.98. The van der Waals surface area contributed by atoms with Crippen molar-refractivity contribution < 1.29 is 9.53 Å². The van der Waals surface area contributed by atoms with Crippen LogP contribution in [0.2, 0.25) is 0 Å². The minimum Gasteiger partial charge on any atom is -0.489 e. The fourth-order valence-electron chi connectivity index (χ4n) is 3.67. The number of ether oxygens (including phenoxy) is 1. The molecule has 0 radical (unpaired) electrons. The van der Waals surface area contributed by atoms with Crippen LogP contribution in [0.5, 0.6) is 5.75 Å². The Morgan fingerprint density at radius 1 is 1.11 bits per heavy atom. The Bertz CT molecular complexity index is 985. The number of hydrogen-bond donors (Lipinski definition) is 2. The Morgan fingerprint density at radius 3 is 2.71 bits per heavy atom. The van der Waals surface area contributed by atoms with Gasteiger partial charge >= 0.3 is 0 Å². The lowest BCUT2D eigenvalue weighted by molar-refractivity contribution is 0.0951. The molecule has 2 aliphatic rings. The van der Waals surface area contributed by atoms with Gasteiger partial charge in [0, 0.05) is 23.2 Å². The van der Waals surface area contributed by atoms with Crippen LogP contribution in [0.3, 0.4) is 0 Å². The maximum Gasteiger partial charge on any atom is 0.251 e. The zero-order chi connectivity index (χ0) is 18.9. The molecule has 2 fully saturated rings. The summed E-state index contributed by atoms with van der Waals surface area (Å²) in [6.45, 7) is 2.01. The Hall–Kier alpha value is -2.86. The Morgan fingerprint density at radius 2 is 1.96 bits per heavy atom. The van der Waals surface area contributed by atoms with E-state index in [4.69, 9.17) is 4.74 Å². The van der Waals surface area contributed by atoms with Gasteiger partial charge in [-0.2, -0.15) is 0 Å². The van der Waals surface area contributed by atoms with Gasteiger partial charge in [0.2, 0.25) is 0 Å². The Kier molecular flexibility index (Phi) is 4.49. The first kappa shape index (κ1) is 17.3. The van der Waals surface area contributed by atoms with Gasteiger partial charge in [-0.1, -0.05) is 0 Å². The second kappa shape index (κ2) is 7.28. The first-order valence-electron chi connectivity index (χ1n) is 10.0. The van der Waals surface area contributed by atoms with Gasteiger partial charge in [0.05, 0.1) is 11.7 Å². The fourth-order valence-corrected chi connectivity index (χ4v) is 3.67. The average molecular weight is 376 g/mol. The summed E-state index contributed by atoms with van der Waals surface area (Å²) in [4.78, 5) is 16.9. The maximum atomic E-state index is 12.3. The predicted octanol–water partition coefficient (Wildman–Crippen LogP) is 3.05. The molecule has 144 valence electrons. The molecule has 3 heterocycles. The van der Waals surface area contributed by atoms with Gasteiger partial charge in [-0.15, -0.1) is 0 Å². The minimum atomic E-state index is 0.00897. The number of amides is 1. The zero-order valence-corrected chi connectivity index (χ0v) is 15.7. The van der Waals surface area contributed by atoms with Crippen molar-refractivity contribution in [2.45, 2.75) is 37.8 Å². The molecule has 1 aliphatic carbocycles. The normalized spacial score (nSPS) is 17.6. The van der Waals surface area contributed by atoms with E-state index in [1.165, 1.54) is 0 Å². The summed E-state index contributed by atoms with van der Waals surface area (Å²) < 4.78 is 8.07. The van der Waals surface area contributed by atoms with E-state index in [1.807, 2.05) is 47.2 Å². The number of aromatic nitrogens is 2. The van der Waals surface area contributed by atoms with E-state index in [0.717, 1.165) is 61.2 Å². The number of fused-ring (bicyclic) bond motifs is 1. The van der Waals surface area contributed by atoms with Gasteiger partial charge in [-0.3, -0.25) is 4.79 Å². The maximum absolute atomic E-state index is 12.3. The van der Waals surface area contributed by atoms with E-state index in [1.54, 1.807) is 6.20 Å². The molecule has 0 unspecified atom stereocenters. The van der Waals surface area contributed by atoms with Gasteiger partial charge in [0.1, 0.15) is 17.7 Å². The quantitative estimate of drug-likeness (QED) is 0.718. The summed E-state index contributed by atoms with van der Waals surface area (Å²) in [6, 6.07) is 12.1. The largest absolute Gasteiger partial charge is 0.489 e.